The van der Waals surface area contributed by atoms with Crippen LogP contribution in [0.15, 0.2) is 66.0 Å². The Labute approximate surface area is 163 Å². The number of carbonyl (C=O) groups is 1. The first-order valence-corrected chi connectivity index (χ1v) is 9.85. The van der Waals surface area contributed by atoms with Crippen molar-refractivity contribution in [1.29, 1.82) is 0 Å². The number of halogens is 1. The molecule has 2 N–H and O–H groups in total. The molecule has 1 aromatic heterocycles. The van der Waals surface area contributed by atoms with Crippen molar-refractivity contribution in [3.8, 4) is 0 Å². The lowest BCUT2D eigenvalue weighted by molar-refractivity contribution is -0.120. The molecule has 140 valence electrons. The Morgan fingerprint density at radius 2 is 1.85 bits per heavy atom. The van der Waals surface area contributed by atoms with Crippen molar-refractivity contribution in [3.05, 3.63) is 93.4 Å². The molecule has 1 amide bonds. The number of rotatable bonds is 8. The van der Waals surface area contributed by atoms with Gasteiger partial charge in [0.15, 0.2) is 0 Å². The van der Waals surface area contributed by atoms with Crippen LogP contribution in [-0.2, 0) is 11.2 Å². The van der Waals surface area contributed by atoms with Crippen molar-refractivity contribution in [3.63, 3.8) is 0 Å². The molecule has 0 aliphatic heterocycles. The molecule has 0 radical (unpaired) electrons. The standard InChI is InChI=1S/C22H23FN2OS/c1-16-5-2-3-6-17(16)12-13-24-21(26)15-25-22(20-7-4-14-27-20)18-8-10-19(23)11-9-18/h2-11,14,22,25H,12-13,15H2,1H3,(H,24,26). The first-order chi connectivity index (χ1) is 13.1. The zero-order valence-electron chi connectivity index (χ0n) is 15.2. The second-order valence-corrected chi connectivity index (χ2v) is 7.39. The fourth-order valence-electron chi connectivity index (χ4n) is 2.98. The lowest BCUT2D eigenvalue weighted by atomic mass is 10.1. The van der Waals surface area contributed by atoms with Crippen LogP contribution >= 0.6 is 11.3 Å². The second-order valence-electron chi connectivity index (χ2n) is 6.41. The second kappa shape index (κ2) is 9.44. The van der Waals surface area contributed by atoms with Crippen LogP contribution < -0.4 is 10.6 Å². The van der Waals surface area contributed by atoms with Crippen LogP contribution in [0, 0.1) is 12.7 Å². The Kier molecular flexibility index (Phi) is 6.74. The highest BCUT2D eigenvalue weighted by atomic mass is 32.1. The highest BCUT2D eigenvalue weighted by Gasteiger charge is 2.16. The quantitative estimate of drug-likeness (QED) is 0.612. The molecule has 1 atom stereocenters. The molecule has 3 rings (SSSR count). The van der Waals surface area contributed by atoms with E-state index in [0.29, 0.717) is 6.54 Å². The monoisotopic (exact) mass is 382 g/mol. The molecule has 1 heterocycles. The van der Waals surface area contributed by atoms with Gasteiger partial charge in [-0.2, -0.15) is 0 Å². The van der Waals surface area contributed by atoms with E-state index in [9.17, 15) is 9.18 Å². The molecule has 0 saturated carbocycles. The van der Waals surface area contributed by atoms with Crippen molar-refractivity contribution in [2.24, 2.45) is 0 Å². The number of thiophene rings is 1. The van der Waals surface area contributed by atoms with E-state index in [1.807, 2.05) is 29.6 Å². The third-order valence-corrected chi connectivity index (χ3v) is 5.41. The smallest absolute Gasteiger partial charge is 0.233 e. The molecule has 0 saturated heterocycles. The van der Waals surface area contributed by atoms with E-state index in [4.69, 9.17) is 0 Å². The van der Waals surface area contributed by atoms with E-state index < -0.39 is 0 Å². The Morgan fingerprint density at radius 1 is 1.07 bits per heavy atom. The van der Waals surface area contributed by atoms with Crippen LogP contribution in [0.4, 0.5) is 4.39 Å². The van der Waals surface area contributed by atoms with Crippen molar-refractivity contribution >= 4 is 17.2 Å². The summed E-state index contributed by atoms with van der Waals surface area (Å²) in [6.45, 7) is 2.88. The van der Waals surface area contributed by atoms with Crippen LogP contribution in [0.2, 0.25) is 0 Å². The summed E-state index contributed by atoms with van der Waals surface area (Å²) in [7, 11) is 0. The molecule has 0 aliphatic carbocycles. The van der Waals surface area contributed by atoms with E-state index in [0.717, 1.165) is 16.9 Å². The lowest BCUT2D eigenvalue weighted by Gasteiger charge is -2.18. The highest BCUT2D eigenvalue weighted by molar-refractivity contribution is 7.10. The number of benzene rings is 2. The molecule has 5 heteroatoms. The molecule has 2 aromatic carbocycles. The van der Waals surface area contributed by atoms with Crippen LogP contribution in [0.3, 0.4) is 0 Å². The molecule has 0 bridgehead atoms. The number of aryl methyl sites for hydroxylation is 1. The van der Waals surface area contributed by atoms with Crippen molar-refractivity contribution < 1.29 is 9.18 Å². The first kappa shape index (κ1) is 19.3. The number of carbonyl (C=O) groups excluding carboxylic acids is 1. The number of hydrogen-bond donors (Lipinski definition) is 2. The normalized spacial score (nSPS) is 11.9. The Bertz CT molecular complexity index is 862. The van der Waals surface area contributed by atoms with E-state index in [1.165, 1.54) is 23.3 Å². The fourth-order valence-corrected chi connectivity index (χ4v) is 3.80. The summed E-state index contributed by atoms with van der Waals surface area (Å²) in [4.78, 5) is 13.3. The predicted molar refractivity (Wildman–Crippen MR) is 108 cm³/mol. The maximum atomic E-state index is 13.2. The van der Waals surface area contributed by atoms with Crippen molar-refractivity contribution in [1.82, 2.24) is 10.6 Å². The fraction of sp³-hybridized carbons (Fsp3) is 0.227. The van der Waals surface area contributed by atoms with Crippen molar-refractivity contribution in [2.45, 2.75) is 19.4 Å². The van der Waals surface area contributed by atoms with Crippen LogP contribution in [0.1, 0.15) is 27.6 Å². The zero-order chi connectivity index (χ0) is 19.1. The zero-order valence-corrected chi connectivity index (χ0v) is 16.1. The molecule has 0 fully saturated rings. The minimum Gasteiger partial charge on any atom is -0.355 e. The van der Waals surface area contributed by atoms with Gasteiger partial charge in [-0.05, 0) is 53.6 Å². The minimum absolute atomic E-state index is 0.0488. The molecular formula is C22H23FN2OS. The maximum absolute atomic E-state index is 13.2. The summed E-state index contributed by atoms with van der Waals surface area (Å²) in [5, 5.41) is 8.25. The third-order valence-electron chi connectivity index (χ3n) is 4.48. The van der Waals surface area contributed by atoms with Crippen LogP contribution in [-0.4, -0.2) is 19.0 Å². The van der Waals surface area contributed by atoms with Crippen molar-refractivity contribution in [2.75, 3.05) is 13.1 Å². The van der Waals surface area contributed by atoms with Gasteiger partial charge in [-0.25, -0.2) is 4.39 Å². The predicted octanol–water partition coefficient (Wildman–Crippen LogP) is 4.23. The summed E-state index contributed by atoms with van der Waals surface area (Å²) in [6.07, 6.45) is 0.810. The lowest BCUT2D eigenvalue weighted by Crippen LogP contribution is -2.36. The molecule has 3 aromatic rings. The van der Waals surface area contributed by atoms with E-state index in [2.05, 4.69) is 29.7 Å². The van der Waals surface area contributed by atoms with Gasteiger partial charge in [-0.1, -0.05) is 42.5 Å². The van der Waals surface area contributed by atoms with Gasteiger partial charge in [-0.15, -0.1) is 11.3 Å². The average Bonchev–Trinajstić information content (AvgIpc) is 3.19. The largest absolute Gasteiger partial charge is 0.355 e. The van der Waals surface area contributed by atoms with E-state index >= 15 is 0 Å². The van der Waals surface area contributed by atoms with Gasteiger partial charge < -0.3 is 5.32 Å². The number of hydrogen-bond acceptors (Lipinski definition) is 3. The van der Waals surface area contributed by atoms with E-state index in [-0.39, 0.29) is 24.3 Å². The van der Waals surface area contributed by atoms with Crippen LogP contribution in [0.25, 0.3) is 0 Å². The van der Waals surface area contributed by atoms with Gasteiger partial charge >= 0.3 is 0 Å². The molecule has 1 unspecified atom stereocenters. The molecule has 0 aliphatic rings. The molecule has 3 nitrogen and oxygen atoms in total. The van der Waals surface area contributed by atoms with Gasteiger partial charge in [0.2, 0.25) is 5.91 Å². The molecule has 27 heavy (non-hydrogen) atoms. The molecule has 0 spiro atoms. The average molecular weight is 383 g/mol. The summed E-state index contributed by atoms with van der Waals surface area (Å²) in [5.41, 5.74) is 3.42. The third kappa shape index (κ3) is 5.49. The van der Waals surface area contributed by atoms with Gasteiger partial charge in [0.25, 0.3) is 0 Å². The summed E-state index contributed by atoms with van der Waals surface area (Å²) in [5.74, 6) is -0.315. The topological polar surface area (TPSA) is 41.1 Å². The summed E-state index contributed by atoms with van der Waals surface area (Å²) in [6, 6.07) is 18.4. The highest BCUT2D eigenvalue weighted by Crippen LogP contribution is 2.26. The van der Waals surface area contributed by atoms with Gasteiger partial charge in [0.05, 0.1) is 12.6 Å². The number of amides is 1. The Hall–Kier alpha value is -2.50. The van der Waals surface area contributed by atoms with Crippen LogP contribution in [0.5, 0.6) is 0 Å². The van der Waals surface area contributed by atoms with E-state index in [1.54, 1.807) is 23.5 Å². The summed E-state index contributed by atoms with van der Waals surface area (Å²) < 4.78 is 13.2. The first-order valence-electron chi connectivity index (χ1n) is 8.97. The van der Waals surface area contributed by atoms with Gasteiger partial charge in [0.1, 0.15) is 5.82 Å². The molecular weight excluding hydrogens is 359 g/mol. The number of nitrogens with one attached hydrogen (secondary N) is 2. The summed E-state index contributed by atoms with van der Waals surface area (Å²) >= 11 is 1.61. The SMILES string of the molecule is Cc1ccccc1CCNC(=O)CNC(c1ccc(F)cc1)c1cccs1. The van der Waals surface area contributed by atoms with Gasteiger partial charge in [-0.3, -0.25) is 10.1 Å². The van der Waals surface area contributed by atoms with Gasteiger partial charge in [0, 0.05) is 11.4 Å². The Morgan fingerprint density at radius 3 is 2.56 bits per heavy atom. The maximum Gasteiger partial charge on any atom is 0.233 e. The Balaban J connectivity index is 1.54. The minimum atomic E-state index is -0.266.